The first kappa shape index (κ1) is 16.6. The van der Waals surface area contributed by atoms with Gasteiger partial charge in [0.05, 0.1) is 5.82 Å². The van der Waals surface area contributed by atoms with Gasteiger partial charge in [0.15, 0.2) is 17.8 Å². The van der Waals surface area contributed by atoms with Crippen molar-refractivity contribution < 1.29 is 4.79 Å². The van der Waals surface area contributed by atoms with Gasteiger partial charge in [-0.1, -0.05) is 0 Å². The number of guanidine groups is 1. The first-order valence-corrected chi connectivity index (χ1v) is 10.0. The number of halogens is 1. The second kappa shape index (κ2) is 4.96. The Balaban J connectivity index is 1.60. The Morgan fingerprint density at radius 2 is 2.21 bits per heavy atom. The molecule has 5 heterocycles. The number of hydrogen-bond acceptors (Lipinski definition) is 7. The summed E-state index contributed by atoms with van der Waals surface area (Å²) in [5, 5.41) is 6.47. The fraction of sp³-hybridized carbons (Fsp3) is 0.556. The van der Waals surface area contributed by atoms with Crippen LogP contribution in [0.4, 0.5) is 0 Å². The monoisotopic (exact) mass is 402 g/mol. The third-order valence-corrected chi connectivity index (χ3v) is 8.28. The number of rotatable bonds is 1. The van der Waals surface area contributed by atoms with Gasteiger partial charge in [-0.25, -0.2) is 4.99 Å². The van der Waals surface area contributed by atoms with Crippen molar-refractivity contribution in [1.82, 2.24) is 20.1 Å². The quantitative estimate of drug-likeness (QED) is 0.377. The highest BCUT2D eigenvalue weighted by atomic mass is 35.5. The highest BCUT2D eigenvalue weighted by Gasteiger charge is 2.76. The molecule has 1 aromatic rings. The molecule has 1 aromatic heterocycles. The van der Waals surface area contributed by atoms with E-state index in [0.717, 1.165) is 0 Å². The van der Waals surface area contributed by atoms with Crippen LogP contribution in [-0.2, 0) is 0 Å². The topological polar surface area (TPSA) is 140 Å². The number of amides is 1. The molecular weight excluding hydrogens is 380 g/mol. The summed E-state index contributed by atoms with van der Waals surface area (Å²) >= 11 is 7.05. The predicted octanol–water partition coefficient (Wildman–Crippen LogP) is -1.11. The van der Waals surface area contributed by atoms with Crippen molar-refractivity contribution in [2.24, 2.45) is 45.4 Å². The summed E-state index contributed by atoms with van der Waals surface area (Å²) in [5.74, 6) is 1.09. The van der Waals surface area contributed by atoms with E-state index in [-0.39, 0.29) is 35.2 Å². The third kappa shape index (κ3) is 1.57. The van der Waals surface area contributed by atoms with E-state index in [1.807, 2.05) is 33.9 Å². The zero-order valence-corrected chi connectivity index (χ0v) is 15.9. The molecular formula is C18H23ClN8O. The second-order valence-electron chi connectivity index (χ2n) is 8.56. The van der Waals surface area contributed by atoms with E-state index in [2.05, 4.69) is 10.6 Å². The van der Waals surface area contributed by atoms with Crippen LogP contribution in [0.1, 0.15) is 16.7 Å². The van der Waals surface area contributed by atoms with Gasteiger partial charge >= 0.3 is 0 Å². The lowest BCUT2D eigenvalue weighted by Gasteiger charge is -2.50. The summed E-state index contributed by atoms with van der Waals surface area (Å²) in [4.78, 5) is 20.1. The number of hydrogen-bond donors (Lipinski definition) is 5. The van der Waals surface area contributed by atoms with Crippen LogP contribution in [0.2, 0.25) is 0 Å². The molecule has 0 radical (unpaired) electrons. The Labute approximate surface area is 166 Å². The van der Waals surface area contributed by atoms with Gasteiger partial charge in [-0.3, -0.25) is 4.79 Å². The van der Waals surface area contributed by atoms with Crippen LogP contribution >= 0.6 is 11.6 Å². The molecule has 6 rings (SSSR count). The zero-order chi connectivity index (χ0) is 19.4. The lowest BCUT2D eigenvalue weighted by molar-refractivity contribution is -0.00267. The van der Waals surface area contributed by atoms with Crippen molar-refractivity contribution in [3.63, 3.8) is 0 Å². The molecule has 7 atom stereocenters. The fourth-order valence-electron chi connectivity index (χ4n) is 6.69. The number of nitrogens with one attached hydrogen (secondary N) is 2. The van der Waals surface area contributed by atoms with Crippen molar-refractivity contribution in [1.29, 1.82) is 0 Å². The maximum absolute atomic E-state index is 13.4. The van der Waals surface area contributed by atoms with E-state index < -0.39 is 11.1 Å². The van der Waals surface area contributed by atoms with Crippen LogP contribution in [0.25, 0.3) is 0 Å². The van der Waals surface area contributed by atoms with Gasteiger partial charge < -0.3 is 37.3 Å². The Morgan fingerprint density at radius 1 is 1.39 bits per heavy atom. The van der Waals surface area contributed by atoms with Gasteiger partial charge in [0.2, 0.25) is 0 Å². The Kier molecular flexibility index (Phi) is 2.93. The van der Waals surface area contributed by atoms with Gasteiger partial charge in [0.1, 0.15) is 5.69 Å². The summed E-state index contributed by atoms with van der Waals surface area (Å²) in [6.07, 6.45) is 3.59. The van der Waals surface area contributed by atoms with E-state index in [9.17, 15) is 4.79 Å². The van der Waals surface area contributed by atoms with E-state index in [0.29, 0.717) is 37.1 Å². The molecule has 3 unspecified atom stereocenters. The molecule has 1 saturated carbocycles. The molecule has 1 saturated heterocycles. The van der Waals surface area contributed by atoms with Gasteiger partial charge in [-0.05, 0) is 36.6 Å². The lowest BCUT2D eigenvalue weighted by atomic mass is 9.69. The molecule has 10 heteroatoms. The van der Waals surface area contributed by atoms with Crippen molar-refractivity contribution in [2.45, 2.75) is 17.2 Å². The largest absolute Gasteiger partial charge is 0.386 e. The first-order chi connectivity index (χ1) is 13.4. The van der Waals surface area contributed by atoms with E-state index in [1.165, 1.54) is 0 Å². The molecule has 2 fully saturated rings. The molecule has 4 aliphatic heterocycles. The summed E-state index contributed by atoms with van der Waals surface area (Å²) in [6, 6.07) is 3.71. The number of carbonyl (C=O) groups is 1. The minimum atomic E-state index is -0.780. The molecule has 1 amide bonds. The minimum absolute atomic E-state index is 0.0204. The molecule has 0 aromatic carbocycles. The Morgan fingerprint density at radius 3 is 2.93 bits per heavy atom. The molecule has 9 nitrogen and oxygen atoms in total. The fourth-order valence-corrected chi connectivity index (χ4v) is 7.25. The summed E-state index contributed by atoms with van der Waals surface area (Å²) in [5.41, 5.74) is 17.9. The Bertz CT molecular complexity index is 957. The molecule has 2 spiro atoms. The zero-order valence-electron chi connectivity index (χ0n) is 15.2. The number of carbonyl (C=O) groups excluding carboxylic acids is 1. The number of nitrogens with zero attached hydrogens (tertiary/aromatic N) is 3. The van der Waals surface area contributed by atoms with Crippen LogP contribution in [0, 0.1) is 23.2 Å². The molecule has 1 aliphatic carbocycles. The van der Waals surface area contributed by atoms with Crippen molar-refractivity contribution in [2.75, 3.05) is 19.6 Å². The first-order valence-electron chi connectivity index (χ1n) is 9.60. The summed E-state index contributed by atoms with van der Waals surface area (Å²) < 4.78 is 1.93. The number of aromatic nitrogens is 1. The van der Waals surface area contributed by atoms with Crippen molar-refractivity contribution in [3.8, 4) is 0 Å². The van der Waals surface area contributed by atoms with Gasteiger partial charge in [0.25, 0.3) is 5.91 Å². The highest BCUT2D eigenvalue weighted by Crippen LogP contribution is 2.66. The van der Waals surface area contributed by atoms with Crippen LogP contribution < -0.4 is 27.8 Å². The van der Waals surface area contributed by atoms with Crippen LogP contribution in [0.5, 0.6) is 0 Å². The normalized spacial score (nSPS) is 45.1. The molecule has 0 bridgehead atoms. The van der Waals surface area contributed by atoms with Crippen molar-refractivity contribution in [3.05, 3.63) is 35.9 Å². The lowest BCUT2D eigenvalue weighted by Crippen LogP contribution is -2.68. The predicted molar refractivity (Wildman–Crippen MR) is 104 cm³/mol. The van der Waals surface area contributed by atoms with E-state index >= 15 is 0 Å². The van der Waals surface area contributed by atoms with Gasteiger partial charge in [0, 0.05) is 36.0 Å². The molecule has 148 valence electrons. The SMILES string of the molecule is NC[C@H]1[C@H]2CN3C(=O)c4cccn4C4N=C(N)NC43C2[C@@]2(C=C(N)NC2)[C@H]1Cl. The van der Waals surface area contributed by atoms with Crippen LogP contribution in [0.15, 0.2) is 35.2 Å². The molecule has 5 aliphatic rings. The molecule has 28 heavy (non-hydrogen) atoms. The van der Waals surface area contributed by atoms with Crippen molar-refractivity contribution >= 4 is 23.5 Å². The summed E-state index contributed by atoms with van der Waals surface area (Å²) in [6.45, 7) is 1.64. The molecule has 8 N–H and O–H groups in total. The van der Waals surface area contributed by atoms with E-state index in [4.69, 9.17) is 33.8 Å². The number of fused-ring (bicyclic) bond motifs is 4. The smallest absolute Gasteiger partial charge is 0.272 e. The number of aliphatic imine (C=N–C) groups is 1. The van der Waals surface area contributed by atoms with Crippen LogP contribution in [0.3, 0.4) is 0 Å². The highest BCUT2D eigenvalue weighted by molar-refractivity contribution is 6.22. The summed E-state index contributed by atoms with van der Waals surface area (Å²) in [7, 11) is 0. The standard InChI is InChI=1S/C18H23ClN8O/c19-13-8(5-20)9-6-27-14(28)10-2-1-3-26(10)15-18(27,25-16(22)24-15)12(9)17(13)4-11(21)23-7-17/h1-4,8-9,12-13,15,23H,5-7,20-21H2,(H3,22,24,25)/t8-,9+,12?,13-,15?,17-,18?/m0/s1. The third-order valence-electron chi connectivity index (χ3n) is 7.55. The average molecular weight is 403 g/mol. The second-order valence-corrected chi connectivity index (χ2v) is 9.03. The Hall–Kier alpha value is -2.39. The van der Waals surface area contributed by atoms with Gasteiger partial charge in [-0.2, -0.15) is 0 Å². The maximum atomic E-state index is 13.4. The number of alkyl halides is 1. The maximum Gasteiger partial charge on any atom is 0.272 e. The average Bonchev–Trinajstić information content (AvgIpc) is 3.42. The minimum Gasteiger partial charge on any atom is -0.386 e. The van der Waals surface area contributed by atoms with Crippen LogP contribution in [-0.4, -0.2) is 52.0 Å². The number of nitrogens with two attached hydrogens (primary N) is 3. The van der Waals surface area contributed by atoms with E-state index in [1.54, 1.807) is 0 Å². The van der Waals surface area contributed by atoms with Gasteiger partial charge in [-0.15, -0.1) is 11.6 Å².